The Bertz CT molecular complexity index is 4340. The molecule has 3 nitrogen and oxygen atoms in total. The lowest BCUT2D eigenvalue weighted by molar-refractivity contribution is 0.436. The van der Waals surface area contributed by atoms with E-state index in [0.29, 0.717) is 0 Å². The van der Waals surface area contributed by atoms with Crippen LogP contribution in [0.2, 0.25) is 0 Å². The summed E-state index contributed by atoms with van der Waals surface area (Å²) in [4.78, 5) is 2.48. The summed E-state index contributed by atoms with van der Waals surface area (Å²) in [5.74, 6) is 3.51. The van der Waals surface area contributed by atoms with Crippen LogP contribution in [-0.4, -0.2) is 0 Å². The molecule has 2 spiro atoms. The van der Waals surface area contributed by atoms with E-state index >= 15 is 0 Å². The maximum atomic E-state index is 6.78. The Balaban J connectivity index is 0.904. The van der Waals surface area contributed by atoms with Gasteiger partial charge in [-0.1, -0.05) is 206 Å². The van der Waals surface area contributed by atoms with E-state index in [1.165, 1.54) is 82.4 Å². The number of anilines is 3. The Labute approximate surface area is 446 Å². The van der Waals surface area contributed by atoms with Crippen LogP contribution in [0.1, 0.15) is 44.5 Å². The summed E-state index contributed by atoms with van der Waals surface area (Å²) < 4.78 is 13.6. The fraction of sp³-hybridized carbons (Fsp3) is 0.0270. The molecule has 13 aromatic carbocycles. The molecule has 0 N–H and O–H groups in total. The molecular weight excluding hydrogens is 935 g/mol. The first-order valence-electron chi connectivity index (χ1n) is 26.6. The molecule has 3 heteroatoms. The fourth-order valence-electron chi connectivity index (χ4n) is 14.3. The van der Waals surface area contributed by atoms with Crippen molar-refractivity contribution >= 4 is 49.4 Å². The maximum absolute atomic E-state index is 6.78. The summed E-state index contributed by atoms with van der Waals surface area (Å²) in [6.45, 7) is 0. The van der Waals surface area contributed by atoms with E-state index in [-0.39, 0.29) is 0 Å². The average Bonchev–Trinajstić information content (AvgIpc) is 3.94. The Morgan fingerprint density at radius 1 is 0.221 bits per heavy atom. The Kier molecular flexibility index (Phi) is 8.69. The van der Waals surface area contributed by atoms with Crippen molar-refractivity contribution in [1.29, 1.82) is 0 Å². The SMILES string of the molecule is c1ccc2c(c1)Oc1ccccc1C21c2ccccc2-c2ccc(N(c3ccc(-c4ccc5c6ccccc6c6ccccc6c5c4)cc3)c3ccc4c(c3)C3(c5ccccc5Oc5ccccc53)c3ccccc3-4)cc21. The lowest BCUT2D eigenvalue weighted by atomic mass is 9.66. The summed E-state index contributed by atoms with van der Waals surface area (Å²) in [7, 11) is 0. The van der Waals surface area contributed by atoms with Gasteiger partial charge in [0.2, 0.25) is 0 Å². The van der Waals surface area contributed by atoms with Crippen molar-refractivity contribution in [3.8, 4) is 56.4 Å². The molecule has 0 bridgehead atoms. The predicted molar refractivity (Wildman–Crippen MR) is 314 cm³/mol. The highest BCUT2D eigenvalue weighted by atomic mass is 16.5. The van der Waals surface area contributed by atoms with Gasteiger partial charge in [-0.15, -0.1) is 0 Å². The summed E-state index contributed by atoms with van der Waals surface area (Å²) in [6, 6.07) is 101. The molecule has 0 fully saturated rings. The van der Waals surface area contributed by atoms with Crippen LogP contribution in [0, 0.1) is 0 Å². The van der Waals surface area contributed by atoms with Crippen LogP contribution in [0.5, 0.6) is 23.0 Å². The smallest absolute Gasteiger partial charge is 0.132 e. The van der Waals surface area contributed by atoms with Gasteiger partial charge in [-0.05, 0) is 155 Å². The molecule has 2 aliphatic carbocycles. The second kappa shape index (κ2) is 15.8. The number of para-hydroxylation sites is 4. The molecule has 0 atom stereocenters. The number of hydrogen-bond acceptors (Lipinski definition) is 3. The monoisotopic (exact) mass is 979 g/mol. The van der Waals surface area contributed by atoms with Crippen LogP contribution in [0.15, 0.2) is 273 Å². The summed E-state index contributed by atoms with van der Waals surface area (Å²) in [6.07, 6.45) is 0. The Morgan fingerprint density at radius 3 is 0.987 bits per heavy atom. The summed E-state index contributed by atoms with van der Waals surface area (Å²) in [5.41, 5.74) is 18.7. The fourth-order valence-corrected chi connectivity index (χ4v) is 14.3. The summed E-state index contributed by atoms with van der Waals surface area (Å²) in [5, 5.41) is 7.63. The normalized spacial score (nSPS) is 14.1. The van der Waals surface area contributed by atoms with E-state index in [2.05, 4.69) is 278 Å². The van der Waals surface area contributed by atoms with Crippen molar-refractivity contribution in [2.45, 2.75) is 10.8 Å². The zero-order valence-electron chi connectivity index (χ0n) is 41.7. The van der Waals surface area contributed by atoms with Crippen molar-refractivity contribution in [2.24, 2.45) is 0 Å². The van der Waals surface area contributed by atoms with Gasteiger partial charge >= 0.3 is 0 Å². The molecule has 0 saturated heterocycles. The van der Waals surface area contributed by atoms with Crippen molar-refractivity contribution in [2.75, 3.05) is 4.90 Å². The van der Waals surface area contributed by atoms with Gasteiger partial charge in [0.25, 0.3) is 0 Å². The first kappa shape index (κ1) is 42.4. The maximum Gasteiger partial charge on any atom is 0.132 e. The van der Waals surface area contributed by atoms with Crippen LogP contribution in [0.25, 0.3) is 65.7 Å². The van der Waals surface area contributed by atoms with Crippen LogP contribution < -0.4 is 14.4 Å². The molecule has 0 amide bonds. The van der Waals surface area contributed by atoms with E-state index in [4.69, 9.17) is 9.47 Å². The van der Waals surface area contributed by atoms with E-state index in [1.807, 2.05) is 0 Å². The second-order valence-corrected chi connectivity index (χ2v) is 21.0. The zero-order valence-corrected chi connectivity index (χ0v) is 41.7. The molecular formula is C74H45NO2. The highest BCUT2D eigenvalue weighted by molar-refractivity contribution is 6.25. The number of hydrogen-bond donors (Lipinski definition) is 0. The van der Waals surface area contributed by atoms with E-state index in [1.54, 1.807) is 0 Å². The van der Waals surface area contributed by atoms with Gasteiger partial charge < -0.3 is 14.4 Å². The number of rotatable bonds is 4. The highest BCUT2D eigenvalue weighted by Gasteiger charge is 2.53. The molecule has 2 heterocycles. The van der Waals surface area contributed by atoms with Gasteiger partial charge in [0.1, 0.15) is 23.0 Å². The third kappa shape index (κ3) is 5.64. The molecule has 0 saturated carbocycles. The number of fused-ring (bicyclic) bond motifs is 24. The van der Waals surface area contributed by atoms with Gasteiger partial charge in [-0.2, -0.15) is 0 Å². The van der Waals surface area contributed by atoms with Gasteiger partial charge in [0.15, 0.2) is 0 Å². The minimum Gasteiger partial charge on any atom is -0.457 e. The Hall–Kier alpha value is -9.96. The number of nitrogens with zero attached hydrogens (tertiary/aromatic N) is 1. The lowest BCUT2D eigenvalue weighted by Crippen LogP contribution is -2.32. The molecule has 4 aliphatic rings. The third-order valence-electron chi connectivity index (χ3n) is 17.4. The van der Waals surface area contributed by atoms with E-state index in [0.717, 1.165) is 67.9 Å². The van der Waals surface area contributed by atoms with Crippen LogP contribution in [0.3, 0.4) is 0 Å². The molecule has 0 radical (unpaired) electrons. The minimum absolute atomic E-state index is 0.631. The third-order valence-corrected chi connectivity index (χ3v) is 17.4. The lowest BCUT2D eigenvalue weighted by Gasteiger charge is -2.40. The molecule has 77 heavy (non-hydrogen) atoms. The van der Waals surface area contributed by atoms with Gasteiger partial charge in [-0.25, -0.2) is 0 Å². The predicted octanol–water partition coefficient (Wildman–Crippen LogP) is 19.2. The van der Waals surface area contributed by atoms with Crippen LogP contribution in [-0.2, 0) is 10.8 Å². The van der Waals surface area contributed by atoms with Crippen molar-refractivity contribution in [1.82, 2.24) is 0 Å². The minimum atomic E-state index is -0.631. The molecule has 13 aromatic rings. The van der Waals surface area contributed by atoms with Crippen LogP contribution in [0.4, 0.5) is 17.1 Å². The average molecular weight is 980 g/mol. The molecule has 0 unspecified atom stereocenters. The first-order chi connectivity index (χ1) is 38.2. The highest BCUT2D eigenvalue weighted by Crippen LogP contribution is 2.65. The van der Waals surface area contributed by atoms with Gasteiger partial charge in [-0.3, -0.25) is 0 Å². The number of benzene rings is 13. The largest absolute Gasteiger partial charge is 0.457 e. The second-order valence-electron chi connectivity index (χ2n) is 21.0. The molecule has 358 valence electrons. The Morgan fingerprint density at radius 2 is 0.545 bits per heavy atom. The van der Waals surface area contributed by atoms with E-state index in [9.17, 15) is 0 Å². The summed E-state index contributed by atoms with van der Waals surface area (Å²) >= 11 is 0. The first-order valence-corrected chi connectivity index (χ1v) is 26.6. The van der Waals surface area contributed by atoms with Crippen molar-refractivity contribution in [3.05, 3.63) is 317 Å². The van der Waals surface area contributed by atoms with Gasteiger partial charge in [0, 0.05) is 39.3 Å². The molecule has 2 aliphatic heterocycles. The van der Waals surface area contributed by atoms with Crippen LogP contribution >= 0.6 is 0 Å². The van der Waals surface area contributed by atoms with Crippen molar-refractivity contribution < 1.29 is 9.47 Å². The van der Waals surface area contributed by atoms with Gasteiger partial charge in [0.05, 0.1) is 10.8 Å². The van der Waals surface area contributed by atoms with E-state index < -0.39 is 10.8 Å². The zero-order chi connectivity index (χ0) is 50.4. The number of ether oxygens (including phenoxy) is 2. The topological polar surface area (TPSA) is 21.7 Å². The van der Waals surface area contributed by atoms with Crippen molar-refractivity contribution in [3.63, 3.8) is 0 Å². The quantitative estimate of drug-likeness (QED) is 0.164. The standard InChI is InChI=1S/C74H45NO2/c1-2-19-53-51(17-1)52-18-3-4-20-54(52)60-43-47(35-40-55(53)60)46-33-36-48(37-34-46)75(49-38-41-58-56-21-5-7-23-61(56)73(67(58)44-49)63-25-9-13-29-69(63)76-70-30-14-10-26-64(70)73)50-39-42-59-57-22-6-8-24-62(57)74(68(59)45-50)65-27-11-15-31-71(65)77-72-32-16-12-28-66(72)74/h1-45H. The molecule has 0 aromatic heterocycles. The molecule has 17 rings (SSSR count).